The van der Waals surface area contributed by atoms with Gasteiger partial charge in [-0.15, -0.1) is 0 Å². The van der Waals surface area contributed by atoms with Gasteiger partial charge < -0.3 is 15.0 Å². The lowest BCUT2D eigenvalue weighted by atomic mass is 10.0. The van der Waals surface area contributed by atoms with Crippen molar-refractivity contribution in [3.63, 3.8) is 0 Å². The predicted octanol–water partition coefficient (Wildman–Crippen LogP) is 4.27. The third kappa shape index (κ3) is 6.90. The average molecular weight is 411 g/mol. The smallest absolute Gasteiger partial charge is 0.242 e. The first-order valence-corrected chi connectivity index (χ1v) is 10.7. The Hall–Kier alpha value is -2.82. The molecule has 2 amide bonds. The summed E-state index contributed by atoms with van der Waals surface area (Å²) in [5.74, 6) is 0.630. The van der Waals surface area contributed by atoms with Gasteiger partial charge >= 0.3 is 0 Å². The molecule has 0 aliphatic rings. The highest BCUT2D eigenvalue weighted by Gasteiger charge is 2.28. The van der Waals surface area contributed by atoms with Gasteiger partial charge in [-0.05, 0) is 49.4 Å². The first kappa shape index (κ1) is 23.5. The zero-order valence-corrected chi connectivity index (χ0v) is 18.6. The predicted molar refractivity (Wildman–Crippen MR) is 120 cm³/mol. The molecule has 0 saturated carbocycles. The fourth-order valence-corrected chi connectivity index (χ4v) is 3.40. The maximum Gasteiger partial charge on any atom is 0.242 e. The highest BCUT2D eigenvalue weighted by Crippen LogP contribution is 2.18. The molecule has 2 aromatic carbocycles. The minimum atomic E-state index is -0.492. The Morgan fingerprint density at radius 1 is 1.07 bits per heavy atom. The van der Waals surface area contributed by atoms with Crippen molar-refractivity contribution in [2.75, 3.05) is 13.7 Å². The van der Waals surface area contributed by atoms with Crippen molar-refractivity contribution in [3.8, 4) is 5.75 Å². The Labute approximate surface area is 180 Å². The highest BCUT2D eigenvalue weighted by molar-refractivity contribution is 5.87. The van der Waals surface area contributed by atoms with E-state index in [0.29, 0.717) is 32.4 Å². The number of methoxy groups -OCH3 is 1. The third-order valence-corrected chi connectivity index (χ3v) is 5.17. The molecule has 0 unspecified atom stereocenters. The van der Waals surface area contributed by atoms with Crippen LogP contribution in [0.1, 0.15) is 49.8 Å². The minimum Gasteiger partial charge on any atom is -0.497 e. The highest BCUT2D eigenvalue weighted by atomic mass is 16.5. The van der Waals surface area contributed by atoms with Crippen LogP contribution in [0.25, 0.3) is 0 Å². The molecule has 0 saturated heterocycles. The molecule has 0 radical (unpaired) electrons. The summed E-state index contributed by atoms with van der Waals surface area (Å²) in [5, 5.41) is 2.95. The van der Waals surface area contributed by atoms with Gasteiger partial charge in [-0.1, -0.05) is 55.8 Å². The first-order chi connectivity index (χ1) is 14.5. The molecule has 2 rings (SSSR count). The zero-order chi connectivity index (χ0) is 21.9. The Bertz CT molecular complexity index is 817. The van der Waals surface area contributed by atoms with Crippen molar-refractivity contribution in [1.82, 2.24) is 10.2 Å². The summed E-state index contributed by atoms with van der Waals surface area (Å²) < 4.78 is 5.32. The van der Waals surface area contributed by atoms with E-state index >= 15 is 0 Å². The van der Waals surface area contributed by atoms with Crippen LogP contribution in [0, 0.1) is 6.92 Å². The number of carbonyl (C=O) groups excluding carboxylic acids is 2. The molecule has 1 atom stereocenters. The molecule has 1 N–H and O–H groups in total. The molecule has 0 aliphatic carbocycles. The van der Waals surface area contributed by atoms with Crippen LogP contribution in [0.15, 0.2) is 48.5 Å². The van der Waals surface area contributed by atoms with Crippen molar-refractivity contribution in [2.45, 2.75) is 59.0 Å². The molecule has 5 nitrogen and oxygen atoms in total. The van der Waals surface area contributed by atoms with Gasteiger partial charge in [-0.25, -0.2) is 0 Å². The number of ether oxygens (including phenoxy) is 1. The van der Waals surface area contributed by atoms with Crippen molar-refractivity contribution in [2.24, 2.45) is 0 Å². The number of aryl methyl sites for hydroxylation is 2. The molecule has 0 aromatic heterocycles. The molecule has 0 fully saturated rings. The van der Waals surface area contributed by atoms with Crippen molar-refractivity contribution in [3.05, 3.63) is 65.2 Å². The van der Waals surface area contributed by atoms with Gasteiger partial charge in [0.25, 0.3) is 0 Å². The van der Waals surface area contributed by atoms with Gasteiger partial charge in [-0.3, -0.25) is 9.59 Å². The minimum absolute atomic E-state index is 0.0168. The van der Waals surface area contributed by atoms with Gasteiger partial charge in [0.15, 0.2) is 0 Å². The Balaban J connectivity index is 2.20. The van der Waals surface area contributed by atoms with E-state index in [1.807, 2.05) is 45.0 Å². The largest absolute Gasteiger partial charge is 0.497 e. The molecule has 30 heavy (non-hydrogen) atoms. The van der Waals surface area contributed by atoms with E-state index in [1.165, 1.54) is 5.56 Å². The van der Waals surface area contributed by atoms with Crippen LogP contribution in [0.2, 0.25) is 0 Å². The summed E-state index contributed by atoms with van der Waals surface area (Å²) in [4.78, 5) is 27.7. The molecule has 0 aliphatic heterocycles. The quantitative estimate of drug-likeness (QED) is 0.602. The number of rotatable bonds is 11. The van der Waals surface area contributed by atoms with Gasteiger partial charge in [0.2, 0.25) is 11.8 Å². The molecule has 0 bridgehead atoms. The van der Waals surface area contributed by atoms with Crippen LogP contribution >= 0.6 is 0 Å². The lowest BCUT2D eigenvalue weighted by Crippen LogP contribution is -2.49. The second-order valence-corrected chi connectivity index (χ2v) is 7.57. The van der Waals surface area contributed by atoms with E-state index in [1.54, 1.807) is 12.0 Å². The van der Waals surface area contributed by atoms with E-state index in [0.717, 1.165) is 23.3 Å². The summed E-state index contributed by atoms with van der Waals surface area (Å²) in [6.07, 6.45) is 2.44. The van der Waals surface area contributed by atoms with E-state index < -0.39 is 6.04 Å². The lowest BCUT2D eigenvalue weighted by Gasteiger charge is -2.31. The summed E-state index contributed by atoms with van der Waals surface area (Å²) in [7, 11) is 1.62. The molecule has 162 valence electrons. The van der Waals surface area contributed by atoms with Crippen LogP contribution in [-0.4, -0.2) is 36.4 Å². The average Bonchev–Trinajstić information content (AvgIpc) is 2.77. The van der Waals surface area contributed by atoms with Crippen molar-refractivity contribution >= 4 is 11.8 Å². The molecular weight excluding hydrogens is 376 g/mol. The second kappa shape index (κ2) is 12.0. The standard InChI is InChI=1S/C25H34N2O3/c1-5-16-26-25(29)23(6-2)27(18-21-8-7-9-22(17-21)30-4)24(28)15-14-20-12-10-19(3)11-13-20/h7-13,17,23H,5-6,14-16,18H2,1-4H3,(H,26,29)/t23-/m0/s1. The van der Waals surface area contributed by atoms with E-state index in [-0.39, 0.29) is 11.8 Å². The number of carbonyl (C=O) groups is 2. The number of benzene rings is 2. The summed E-state index contributed by atoms with van der Waals surface area (Å²) in [6.45, 7) is 7.00. The van der Waals surface area contributed by atoms with Crippen molar-refractivity contribution in [1.29, 1.82) is 0 Å². The number of nitrogens with zero attached hydrogens (tertiary/aromatic N) is 1. The summed E-state index contributed by atoms with van der Waals surface area (Å²) in [6, 6.07) is 15.4. The van der Waals surface area contributed by atoms with E-state index in [2.05, 4.69) is 29.6 Å². The van der Waals surface area contributed by atoms with Crippen LogP contribution in [0.3, 0.4) is 0 Å². The van der Waals surface area contributed by atoms with Crippen molar-refractivity contribution < 1.29 is 14.3 Å². The monoisotopic (exact) mass is 410 g/mol. The SMILES string of the molecule is CCCNC(=O)[C@H](CC)N(Cc1cccc(OC)c1)C(=O)CCc1ccc(C)cc1. The van der Waals surface area contributed by atoms with E-state index in [9.17, 15) is 9.59 Å². The van der Waals surface area contributed by atoms with Crippen LogP contribution in [0.4, 0.5) is 0 Å². The Morgan fingerprint density at radius 3 is 2.43 bits per heavy atom. The Kier molecular flexibility index (Phi) is 9.39. The van der Waals surface area contributed by atoms with Crippen LogP contribution in [0.5, 0.6) is 5.75 Å². The molecule has 0 spiro atoms. The number of hydrogen-bond acceptors (Lipinski definition) is 3. The fraction of sp³-hybridized carbons (Fsp3) is 0.440. The molecule has 0 heterocycles. The van der Waals surface area contributed by atoms with E-state index in [4.69, 9.17) is 4.74 Å². The van der Waals surface area contributed by atoms with Crippen LogP contribution < -0.4 is 10.1 Å². The van der Waals surface area contributed by atoms with Gasteiger partial charge in [0.05, 0.1) is 7.11 Å². The lowest BCUT2D eigenvalue weighted by molar-refractivity contribution is -0.141. The van der Waals surface area contributed by atoms with Gasteiger partial charge in [0, 0.05) is 19.5 Å². The van der Waals surface area contributed by atoms with Crippen LogP contribution in [-0.2, 0) is 22.6 Å². The zero-order valence-electron chi connectivity index (χ0n) is 18.6. The number of amides is 2. The first-order valence-electron chi connectivity index (χ1n) is 10.7. The summed E-state index contributed by atoms with van der Waals surface area (Å²) >= 11 is 0. The van der Waals surface area contributed by atoms with Gasteiger partial charge in [-0.2, -0.15) is 0 Å². The molecule has 2 aromatic rings. The number of hydrogen-bond donors (Lipinski definition) is 1. The fourth-order valence-electron chi connectivity index (χ4n) is 3.40. The maximum atomic E-state index is 13.2. The third-order valence-electron chi connectivity index (χ3n) is 5.17. The van der Waals surface area contributed by atoms with Gasteiger partial charge in [0.1, 0.15) is 11.8 Å². The Morgan fingerprint density at radius 2 is 1.80 bits per heavy atom. The normalized spacial score (nSPS) is 11.6. The summed E-state index contributed by atoms with van der Waals surface area (Å²) in [5.41, 5.74) is 3.27. The maximum absolute atomic E-state index is 13.2. The second-order valence-electron chi connectivity index (χ2n) is 7.57. The topological polar surface area (TPSA) is 58.6 Å². The molecular formula is C25H34N2O3. The molecule has 5 heteroatoms. The number of nitrogens with one attached hydrogen (secondary N) is 1.